The molecule has 43 heavy (non-hydrogen) atoms. The van der Waals surface area contributed by atoms with E-state index >= 15 is 0 Å². The number of unbranched alkanes of at least 4 members (excludes halogenated alkanes) is 1. The van der Waals surface area contributed by atoms with Crippen molar-refractivity contribution >= 4 is 40.1 Å². The van der Waals surface area contributed by atoms with Crippen molar-refractivity contribution in [1.82, 2.24) is 20.5 Å². The molecule has 2 heterocycles. The number of hydrogen-bond acceptors (Lipinski definition) is 9. The molecule has 5 rings (SSSR count). The van der Waals surface area contributed by atoms with Crippen LogP contribution in [-0.2, 0) is 16.1 Å². The van der Waals surface area contributed by atoms with Crippen LogP contribution in [0.1, 0.15) is 46.9 Å². The molecule has 0 radical (unpaired) electrons. The van der Waals surface area contributed by atoms with Gasteiger partial charge in [-0.05, 0) is 53.0 Å². The molecule has 1 aliphatic heterocycles. The van der Waals surface area contributed by atoms with Crippen molar-refractivity contribution in [2.45, 2.75) is 32.0 Å². The van der Waals surface area contributed by atoms with E-state index in [1.807, 2.05) is 4.90 Å². The molecule has 0 spiro atoms. The topological polar surface area (TPSA) is 152 Å². The number of nitro benzene ring substituents is 1. The van der Waals surface area contributed by atoms with E-state index in [0.29, 0.717) is 18.5 Å². The van der Waals surface area contributed by atoms with Gasteiger partial charge in [0.05, 0.1) is 10.6 Å². The van der Waals surface area contributed by atoms with E-state index in [1.54, 1.807) is 24.3 Å². The van der Waals surface area contributed by atoms with Gasteiger partial charge in [0, 0.05) is 49.8 Å². The Balaban J connectivity index is 1.17. The molecule has 0 saturated carbocycles. The van der Waals surface area contributed by atoms with Gasteiger partial charge in [0.15, 0.2) is 5.52 Å². The predicted molar refractivity (Wildman–Crippen MR) is 149 cm³/mol. The SMILES string of the molecule is O=C(CCCCN1C(=O)c2ccccc2C(F)C1=O)NCCN(Cc1ccc(F)cc1)c1ccc([N+](=O)[O-])c2nonc12. The van der Waals surface area contributed by atoms with Gasteiger partial charge < -0.3 is 10.2 Å². The molecule has 4 aromatic rings. The molecule has 1 N–H and O–H groups in total. The summed E-state index contributed by atoms with van der Waals surface area (Å²) in [5.41, 5.74) is 1.32. The second kappa shape index (κ2) is 12.7. The first-order chi connectivity index (χ1) is 20.7. The van der Waals surface area contributed by atoms with Gasteiger partial charge in [-0.1, -0.05) is 30.3 Å². The smallest absolute Gasteiger partial charge is 0.300 e. The Morgan fingerprint density at radius 3 is 2.56 bits per heavy atom. The van der Waals surface area contributed by atoms with E-state index in [9.17, 15) is 33.3 Å². The van der Waals surface area contributed by atoms with Gasteiger partial charge in [0.2, 0.25) is 17.6 Å². The number of imide groups is 1. The lowest BCUT2D eigenvalue weighted by Crippen LogP contribution is -2.44. The molecule has 0 aliphatic carbocycles. The van der Waals surface area contributed by atoms with Crippen LogP contribution in [-0.4, -0.2) is 57.5 Å². The average Bonchev–Trinajstić information content (AvgIpc) is 3.50. The van der Waals surface area contributed by atoms with Crippen molar-refractivity contribution in [1.29, 1.82) is 0 Å². The van der Waals surface area contributed by atoms with Gasteiger partial charge in [-0.3, -0.25) is 29.4 Å². The van der Waals surface area contributed by atoms with Crippen LogP contribution in [0.15, 0.2) is 65.3 Å². The van der Waals surface area contributed by atoms with Crippen LogP contribution in [0.25, 0.3) is 11.0 Å². The number of amides is 3. The minimum absolute atomic E-state index is 0.00692. The predicted octanol–water partition coefficient (Wildman–Crippen LogP) is 4.26. The molecule has 0 saturated heterocycles. The Kier molecular flexibility index (Phi) is 8.64. The lowest BCUT2D eigenvalue weighted by molar-refractivity contribution is -0.383. The molecule has 3 amide bonds. The lowest BCUT2D eigenvalue weighted by Gasteiger charge is -2.28. The Hall–Kier alpha value is -5.27. The summed E-state index contributed by atoms with van der Waals surface area (Å²) in [6, 6.07) is 14.7. The summed E-state index contributed by atoms with van der Waals surface area (Å²) in [7, 11) is 0. The number of benzene rings is 3. The second-order valence-electron chi connectivity index (χ2n) is 9.92. The highest BCUT2D eigenvalue weighted by Gasteiger charge is 2.38. The number of fused-ring (bicyclic) bond motifs is 2. The fourth-order valence-electron chi connectivity index (χ4n) is 4.95. The Morgan fingerprint density at radius 2 is 1.79 bits per heavy atom. The van der Waals surface area contributed by atoms with Gasteiger partial charge in [-0.15, -0.1) is 0 Å². The number of carbonyl (C=O) groups excluding carboxylic acids is 3. The van der Waals surface area contributed by atoms with E-state index in [1.165, 1.54) is 36.4 Å². The third kappa shape index (κ3) is 6.32. The van der Waals surface area contributed by atoms with Crippen LogP contribution in [0.4, 0.5) is 20.2 Å². The van der Waals surface area contributed by atoms with Crippen LogP contribution in [0.5, 0.6) is 0 Å². The number of nitrogens with zero attached hydrogens (tertiary/aromatic N) is 5. The summed E-state index contributed by atoms with van der Waals surface area (Å²) in [6.07, 6.45) is -1.12. The van der Waals surface area contributed by atoms with Gasteiger partial charge in [0.25, 0.3) is 11.8 Å². The minimum Gasteiger partial charge on any atom is -0.364 e. The molecule has 1 unspecified atom stereocenters. The second-order valence-corrected chi connectivity index (χ2v) is 9.92. The number of carbonyl (C=O) groups is 3. The summed E-state index contributed by atoms with van der Waals surface area (Å²) in [5, 5.41) is 21.7. The van der Waals surface area contributed by atoms with Crippen molar-refractivity contribution in [3.8, 4) is 0 Å². The zero-order valence-electron chi connectivity index (χ0n) is 22.7. The van der Waals surface area contributed by atoms with Gasteiger partial charge >= 0.3 is 5.69 Å². The molecule has 1 aliphatic rings. The molecule has 12 nitrogen and oxygen atoms in total. The van der Waals surface area contributed by atoms with Crippen molar-refractivity contribution < 1.29 is 32.7 Å². The van der Waals surface area contributed by atoms with Crippen molar-refractivity contribution in [3.63, 3.8) is 0 Å². The van der Waals surface area contributed by atoms with Crippen LogP contribution >= 0.6 is 0 Å². The number of rotatable bonds is 12. The van der Waals surface area contributed by atoms with Crippen LogP contribution in [0.3, 0.4) is 0 Å². The van der Waals surface area contributed by atoms with Crippen molar-refractivity contribution in [3.05, 3.63) is 93.3 Å². The number of nitrogens with one attached hydrogen (secondary N) is 1. The highest BCUT2D eigenvalue weighted by molar-refractivity contribution is 6.10. The lowest BCUT2D eigenvalue weighted by atomic mass is 9.96. The standard InChI is InChI=1S/C29H26F2N6O6/c30-19-10-8-18(9-11-19)17-35(22-12-13-23(37(41)42)27-26(22)33-43-34-27)16-14-32-24(38)7-3-4-15-36-28(39)21-6-2-1-5-20(21)25(31)29(36)40/h1-2,5-6,8-13,25H,3-4,7,14-17H2,(H,32,38). The average molecular weight is 593 g/mol. The highest BCUT2D eigenvalue weighted by atomic mass is 19.1. The molecule has 1 aromatic heterocycles. The number of anilines is 1. The van der Waals surface area contributed by atoms with E-state index in [-0.39, 0.29) is 66.4 Å². The first-order valence-electron chi connectivity index (χ1n) is 13.5. The Morgan fingerprint density at radius 1 is 1.05 bits per heavy atom. The normalized spacial score (nSPS) is 14.6. The Bertz CT molecular complexity index is 1680. The largest absolute Gasteiger partial charge is 0.364 e. The van der Waals surface area contributed by atoms with Crippen molar-refractivity contribution in [2.75, 3.05) is 24.5 Å². The summed E-state index contributed by atoms with van der Waals surface area (Å²) < 4.78 is 32.8. The van der Waals surface area contributed by atoms with E-state index in [0.717, 1.165) is 10.5 Å². The zero-order chi connectivity index (χ0) is 30.5. The fourth-order valence-corrected chi connectivity index (χ4v) is 4.95. The number of nitro groups is 1. The third-order valence-corrected chi connectivity index (χ3v) is 7.13. The number of halogens is 2. The molecular weight excluding hydrogens is 566 g/mol. The highest BCUT2D eigenvalue weighted by Crippen LogP contribution is 2.32. The quantitative estimate of drug-likeness (QED) is 0.110. The maximum absolute atomic E-state index is 14.6. The zero-order valence-corrected chi connectivity index (χ0v) is 22.7. The summed E-state index contributed by atoms with van der Waals surface area (Å²) in [4.78, 5) is 51.1. The maximum atomic E-state index is 14.6. The summed E-state index contributed by atoms with van der Waals surface area (Å²) in [6.45, 7) is 0.712. The fraction of sp³-hybridized carbons (Fsp3) is 0.276. The third-order valence-electron chi connectivity index (χ3n) is 7.13. The van der Waals surface area contributed by atoms with E-state index in [2.05, 4.69) is 15.6 Å². The monoisotopic (exact) mass is 592 g/mol. The van der Waals surface area contributed by atoms with Gasteiger partial charge in [0.1, 0.15) is 5.82 Å². The summed E-state index contributed by atoms with van der Waals surface area (Å²) in [5.74, 6) is -2.13. The first kappa shape index (κ1) is 29.2. The number of non-ortho nitro benzene ring substituents is 1. The van der Waals surface area contributed by atoms with E-state index < -0.39 is 28.7 Å². The molecular formula is C29H26F2N6O6. The maximum Gasteiger partial charge on any atom is 0.300 e. The van der Waals surface area contributed by atoms with Crippen molar-refractivity contribution in [2.24, 2.45) is 0 Å². The van der Waals surface area contributed by atoms with Gasteiger partial charge in [-0.25, -0.2) is 13.4 Å². The van der Waals surface area contributed by atoms with E-state index in [4.69, 9.17) is 4.63 Å². The molecule has 1 atom stereocenters. The number of hydrogen-bond donors (Lipinski definition) is 1. The molecule has 3 aromatic carbocycles. The molecule has 0 bridgehead atoms. The van der Waals surface area contributed by atoms with Crippen LogP contribution in [0.2, 0.25) is 0 Å². The Labute approximate surface area is 243 Å². The van der Waals surface area contributed by atoms with Crippen LogP contribution < -0.4 is 10.2 Å². The molecule has 14 heteroatoms. The number of alkyl halides is 1. The number of aromatic nitrogens is 2. The molecule has 0 fully saturated rings. The minimum atomic E-state index is -1.90. The first-order valence-corrected chi connectivity index (χ1v) is 13.5. The summed E-state index contributed by atoms with van der Waals surface area (Å²) >= 11 is 0. The van der Waals surface area contributed by atoms with Gasteiger partial charge in [-0.2, -0.15) is 0 Å². The molecule has 222 valence electrons. The van der Waals surface area contributed by atoms with Crippen LogP contribution in [0, 0.1) is 15.9 Å².